The first-order valence-electron chi connectivity index (χ1n) is 7.45. The largest absolute Gasteiger partial charge is 0.324 e. The van der Waals surface area contributed by atoms with Gasteiger partial charge in [-0.2, -0.15) is 0 Å². The Morgan fingerprint density at radius 2 is 1.95 bits per heavy atom. The highest BCUT2D eigenvalue weighted by Gasteiger charge is 2.18. The fourth-order valence-electron chi connectivity index (χ4n) is 3.01. The second-order valence-corrected chi connectivity index (χ2v) is 7.17. The molecule has 0 fully saturated rings. The Labute approximate surface area is 122 Å². The van der Waals surface area contributed by atoms with E-state index in [-0.39, 0.29) is 6.04 Å². The highest BCUT2D eigenvalue weighted by atomic mass is 14.7. The molecular formula is C18H26N2. The number of hydrogen-bond donors (Lipinski definition) is 1. The van der Waals surface area contributed by atoms with Gasteiger partial charge in [0, 0.05) is 17.6 Å². The Hall–Kier alpha value is -1.41. The molecule has 2 atom stereocenters. The molecule has 108 valence electrons. The third-order valence-corrected chi connectivity index (χ3v) is 3.68. The molecule has 0 radical (unpaired) electrons. The Kier molecular flexibility index (Phi) is 4.44. The van der Waals surface area contributed by atoms with Crippen LogP contribution in [0, 0.1) is 11.3 Å². The van der Waals surface area contributed by atoms with Crippen molar-refractivity contribution in [2.45, 2.75) is 46.6 Å². The predicted octanol–water partition coefficient (Wildman–Crippen LogP) is 4.70. The van der Waals surface area contributed by atoms with E-state index in [1.54, 1.807) is 0 Å². The van der Waals surface area contributed by atoms with E-state index in [1.165, 1.54) is 17.4 Å². The van der Waals surface area contributed by atoms with Gasteiger partial charge in [0.25, 0.3) is 0 Å². The smallest absolute Gasteiger partial charge is 0.0705 e. The number of nitrogens with zero attached hydrogens (tertiary/aromatic N) is 1. The molecule has 0 spiro atoms. The van der Waals surface area contributed by atoms with Gasteiger partial charge in [-0.05, 0) is 41.9 Å². The maximum Gasteiger partial charge on any atom is 0.0705 e. The Morgan fingerprint density at radius 3 is 2.65 bits per heavy atom. The fraction of sp³-hybridized carbons (Fsp3) is 0.500. The zero-order valence-electron chi connectivity index (χ0n) is 13.1. The van der Waals surface area contributed by atoms with Crippen LogP contribution in [0.3, 0.4) is 0 Å². The Balaban J connectivity index is 2.09. The van der Waals surface area contributed by atoms with Crippen LogP contribution in [-0.2, 0) is 0 Å². The van der Waals surface area contributed by atoms with Gasteiger partial charge in [-0.1, -0.05) is 45.9 Å². The molecule has 2 heteroatoms. The average Bonchev–Trinajstić information content (AvgIpc) is 2.35. The SMILES string of the molecule is CC(CC(N)c1ccc2cccnc2c1)CC(C)(C)C. The Morgan fingerprint density at radius 1 is 1.20 bits per heavy atom. The molecule has 0 saturated heterocycles. The quantitative estimate of drug-likeness (QED) is 0.874. The van der Waals surface area contributed by atoms with Crippen molar-refractivity contribution >= 4 is 10.9 Å². The van der Waals surface area contributed by atoms with Crippen molar-refractivity contribution in [1.82, 2.24) is 4.98 Å². The molecule has 1 aromatic carbocycles. The van der Waals surface area contributed by atoms with Crippen molar-refractivity contribution in [3.63, 3.8) is 0 Å². The van der Waals surface area contributed by atoms with Crippen molar-refractivity contribution in [3.8, 4) is 0 Å². The van der Waals surface area contributed by atoms with Crippen LogP contribution in [-0.4, -0.2) is 4.98 Å². The molecule has 2 aromatic rings. The molecule has 0 aliphatic carbocycles. The second-order valence-electron chi connectivity index (χ2n) is 7.17. The molecule has 0 saturated carbocycles. The van der Waals surface area contributed by atoms with Crippen LogP contribution < -0.4 is 5.73 Å². The highest BCUT2D eigenvalue weighted by Crippen LogP contribution is 2.30. The van der Waals surface area contributed by atoms with Crippen molar-refractivity contribution in [2.75, 3.05) is 0 Å². The van der Waals surface area contributed by atoms with Gasteiger partial charge in [0.2, 0.25) is 0 Å². The number of rotatable bonds is 4. The van der Waals surface area contributed by atoms with Gasteiger partial charge < -0.3 is 5.73 Å². The summed E-state index contributed by atoms with van der Waals surface area (Å²) in [5.74, 6) is 0.629. The van der Waals surface area contributed by atoms with E-state index in [0.29, 0.717) is 11.3 Å². The normalized spacial score (nSPS) is 15.2. The van der Waals surface area contributed by atoms with Crippen LogP contribution in [0.15, 0.2) is 36.5 Å². The van der Waals surface area contributed by atoms with Crippen molar-refractivity contribution in [1.29, 1.82) is 0 Å². The maximum atomic E-state index is 6.38. The van der Waals surface area contributed by atoms with E-state index in [0.717, 1.165) is 11.9 Å². The molecule has 1 heterocycles. The van der Waals surface area contributed by atoms with E-state index < -0.39 is 0 Å². The van der Waals surface area contributed by atoms with E-state index in [9.17, 15) is 0 Å². The van der Waals surface area contributed by atoms with Gasteiger partial charge in [-0.25, -0.2) is 0 Å². The molecule has 2 rings (SSSR count). The van der Waals surface area contributed by atoms with Gasteiger partial charge in [0.05, 0.1) is 5.52 Å². The number of benzene rings is 1. The monoisotopic (exact) mass is 270 g/mol. The predicted molar refractivity (Wildman–Crippen MR) is 86.5 cm³/mol. The molecule has 0 bridgehead atoms. The first-order chi connectivity index (χ1) is 9.35. The summed E-state index contributed by atoms with van der Waals surface area (Å²) in [5.41, 5.74) is 8.97. The minimum absolute atomic E-state index is 0.0961. The zero-order chi connectivity index (χ0) is 14.8. The average molecular weight is 270 g/mol. The summed E-state index contributed by atoms with van der Waals surface area (Å²) in [5, 5.41) is 1.17. The molecule has 20 heavy (non-hydrogen) atoms. The lowest BCUT2D eigenvalue weighted by Crippen LogP contribution is -2.18. The van der Waals surface area contributed by atoms with E-state index in [2.05, 4.69) is 56.9 Å². The molecule has 0 aliphatic heterocycles. The fourth-order valence-corrected chi connectivity index (χ4v) is 3.01. The summed E-state index contributed by atoms with van der Waals surface area (Å²) in [6.07, 6.45) is 4.06. The third-order valence-electron chi connectivity index (χ3n) is 3.68. The summed E-state index contributed by atoms with van der Waals surface area (Å²) in [6.45, 7) is 9.16. The lowest BCUT2D eigenvalue weighted by Gasteiger charge is -2.25. The molecule has 0 amide bonds. The Bertz CT molecular complexity index is 569. The first-order valence-corrected chi connectivity index (χ1v) is 7.45. The van der Waals surface area contributed by atoms with Crippen LogP contribution >= 0.6 is 0 Å². The lowest BCUT2D eigenvalue weighted by molar-refractivity contribution is 0.286. The van der Waals surface area contributed by atoms with Crippen LogP contribution in [0.5, 0.6) is 0 Å². The van der Waals surface area contributed by atoms with Crippen LogP contribution in [0.1, 0.15) is 52.1 Å². The van der Waals surface area contributed by atoms with Gasteiger partial charge >= 0.3 is 0 Å². The van der Waals surface area contributed by atoms with E-state index >= 15 is 0 Å². The van der Waals surface area contributed by atoms with E-state index in [1.807, 2.05) is 12.3 Å². The van der Waals surface area contributed by atoms with Crippen molar-refractivity contribution in [3.05, 3.63) is 42.1 Å². The maximum absolute atomic E-state index is 6.38. The summed E-state index contributed by atoms with van der Waals surface area (Å²) in [7, 11) is 0. The molecular weight excluding hydrogens is 244 g/mol. The molecule has 1 aromatic heterocycles. The zero-order valence-corrected chi connectivity index (χ0v) is 13.1. The summed E-state index contributed by atoms with van der Waals surface area (Å²) in [6, 6.07) is 10.5. The van der Waals surface area contributed by atoms with Gasteiger partial charge in [-0.3, -0.25) is 4.98 Å². The van der Waals surface area contributed by atoms with Crippen LogP contribution in [0.2, 0.25) is 0 Å². The lowest BCUT2D eigenvalue weighted by atomic mass is 9.82. The summed E-state index contributed by atoms with van der Waals surface area (Å²) >= 11 is 0. The second kappa shape index (κ2) is 5.92. The van der Waals surface area contributed by atoms with Crippen molar-refractivity contribution < 1.29 is 0 Å². The highest BCUT2D eigenvalue weighted by molar-refractivity contribution is 5.78. The third kappa shape index (κ3) is 4.04. The topological polar surface area (TPSA) is 38.9 Å². The number of nitrogens with two attached hydrogens (primary N) is 1. The molecule has 2 N–H and O–H groups in total. The number of hydrogen-bond acceptors (Lipinski definition) is 2. The van der Waals surface area contributed by atoms with E-state index in [4.69, 9.17) is 5.73 Å². The van der Waals surface area contributed by atoms with Crippen LogP contribution in [0.4, 0.5) is 0 Å². The number of aromatic nitrogens is 1. The number of fused-ring (bicyclic) bond motifs is 1. The van der Waals surface area contributed by atoms with Gasteiger partial charge in [-0.15, -0.1) is 0 Å². The van der Waals surface area contributed by atoms with Crippen LogP contribution in [0.25, 0.3) is 10.9 Å². The minimum atomic E-state index is 0.0961. The molecule has 2 unspecified atom stereocenters. The number of pyridine rings is 1. The van der Waals surface area contributed by atoms with Gasteiger partial charge in [0.1, 0.15) is 0 Å². The summed E-state index contributed by atoms with van der Waals surface area (Å²) in [4.78, 5) is 4.41. The standard InChI is InChI=1S/C18H26N2/c1-13(12-18(2,3)4)10-16(19)15-8-7-14-6-5-9-20-17(14)11-15/h5-9,11,13,16H,10,12,19H2,1-4H3. The summed E-state index contributed by atoms with van der Waals surface area (Å²) < 4.78 is 0. The minimum Gasteiger partial charge on any atom is -0.324 e. The van der Waals surface area contributed by atoms with Gasteiger partial charge in [0.15, 0.2) is 0 Å². The molecule has 0 aliphatic rings. The first kappa shape index (κ1) is 15.0. The van der Waals surface area contributed by atoms with Crippen molar-refractivity contribution in [2.24, 2.45) is 17.1 Å². The molecule has 2 nitrogen and oxygen atoms in total.